The molecule has 2 rings (SSSR count). The van der Waals surface area contributed by atoms with Gasteiger partial charge in [0, 0.05) is 9.37 Å². The lowest BCUT2D eigenvalue weighted by Gasteiger charge is -2.10. The largest absolute Gasteiger partial charge is 0.235 e. The summed E-state index contributed by atoms with van der Waals surface area (Å²) in [6.07, 6.45) is 0. The van der Waals surface area contributed by atoms with Crippen molar-refractivity contribution >= 4 is 55.2 Å². The molecule has 0 amide bonds. The average Bonchev–Trinajstić information content (AvgIpc) is 2.41. The van der Waals surface area contributed by atoms with Gasteiger partial charge < -0.3 is 0 Å². The van der Waals surface area contributed by atoms with Crippen molar-refractivity contribution in [3.05, 3.63) is 49.9 Å². The van der Waals surface area contributed by atoms with Crippen LogP contribution in [0.1, 0.15) is 31.3 Å². The summed E-state index contributed by atoms with van der Waals surface area (Å²) in [4.78, 5) is 10.1. The van der Waals surface area contributed by atoms with E-state index in [2.05, 4.69) is 67.8 Å². The topological polar surface area (TPSA) is 25.8 Å². The van der Waals surface area contributed by atoms with Gasteiger partial charge in [0.1, 0.15) is 11.0 Å². The van der Waals surface area contributed by atoms with E-state index >= 15 is 0 Å². The van der Waals surface area contributed by atoms with Gasteiger partial charge in [-0.25, -0.2) is 9.97 Å². The van der Waals surface area contributed by atoms with Gasteiger partial charge in [0.05, 0.1) is 15.9 Å². The second-order valence-corrected chi connectivity index (χ2v) is 7.64. The molecule has 0 bridgehead atoms. The number of benzene rings is 1. The predicted octanol–water partition coefficient (Wildman–Crippen LogP) is 6.07. The Morgan fingerprint density at radius 3 is 2.40 bits per heavy atom. The molecule has 0 aliphatic carbocycles. The summed E-state index contributed by atoms with van der Waals surface area (Å²) in [7, 11) is 0. The molecule has 1 aromatic carbocycles. The lowest BCUT2D eigenvalue weighted by atomic mass is 10.1. The van der Waals surface area contributed by atoms with Gasteiger partial charge in [-0.15, -0.1) is 11.8 Å². The molecule has 0 aliphatic heterocycles. The van der Waals surface area contributed by atoms with E-state index in [1.807, 2.05) is 12.1 Å². The van der Waals surface area contributed by atoms with E-state index in [0.717, 1.165) is 20.5 Å². The molecule has 0 N–H and O–H groups in total. The molecule has 1 aromatic heterocycles. The summed E-state index contributed by atoms with van der Waals surface area (Å²) in [5, 5.41) is 0.482. The van der Waals surface area contributed by atoms with Crippen molar-refractivity contribution in [1.29, 1.82) is 0 Å². The minimum absolute atomic E-state index is 0.307. The summed E-state index contributed by atoms with van der Waals surface area (Å²) in [6.45, 7) is 4.18. The van der Waals surface area contributed by atoms with E-state index in [0.29, 0.717) is 16.8 Å². The molecule has 1 heterocycles. The van der Waals surface area contributed by atoms with Crippen molar-refractivity contribution in [2.24, 2.45) is 0 Å². The molecule has 6 heteroatoms. The molecular formula is C14H13Br2ClN2S. The Morgan fingerprint density at radius 1 is 1.15 bits per heavy atom. The molecule has 0 aliphatic rings. The van der Waals surface area contributed by atoms with Crippen LogP contribution in [0.4, 0.5) is 0 Å². The van der Waals surface area contributed by atoms with Crippen LogP contribution in [0.25, 0.3) is 0 Å². The van der Waals surface area contributed by atoms with Gasteiger partial charge in [-0.05, 0) is 46.1 Å². The van der Waals surface area contributed by atoms with E-state index in [1.165, 1.54) is 4.90 Å². The summed E-state index contributed by atoms with van der Waals surface area (Å²) in [6, 6.07) is 8.19. The maximum atomic E-state index is 6.15. The average molecular weight is 437 g/mol. The normalized spacial score (nSPS) is 11.1. The fraction of sp³-hybridized carbons (Fsp3) is 0.286. The quantitative estimate of drug-likeness (QED) is 0.430. The number of nitrogens with zero attached hydrogens (tertiary/aromatic N) is 2. The van der Waals surface area contributed by atoms with Crippen LogP contribution < -0.4 is 0 Å². The van der Waals surface area contributed by atoms with Crippen molar-refractivity contribution in [3.8, 4) is 0 Å². The molecule has 0 atom stereocenters. The van der Waals surface area contributed by atoms with Gasteiger partial charge >= 0.3 is 0 Å². The highest BCUT2D eigenvalue weighted by Gasteiger charge is 2.13. The Labute approximate surface area is 145 Å². The Morgan fingerprint density at radius 2 is 1.80 bits per heavy atom. The van der Waals surface area contributed by atoms with E-state index in [-0.39, 0.29) is 0 Å². The van der Waals surface area contributed by atoms with Gasteiger partial charge in [0.25, 0.3) is 0 Å². The van der Waals surface area contributed by atoms with Crippen molar-refractivity contribution < 1.29 is 0 Å². The first-order valence-electron chi connectivity index (χ1n) is 6.07. The highest BCUT2D eigenvalue weighted by Crippen LogP contribution is 2.30. The minimum Gasteiger partial charge on any atom is -0.235 e. The minimum atomic E-state index is 0.307. The molecule has 106 valence electrons. The Hall–Kier alpha value is -0.100. The smallest absolute Gasteiger partial charge is 0.147 e. The Kier molecular flexibility index (Phi) is 5.90. The van der Waals surface area contributed by atoms with Crippen molar-refractivity contribution in [3.63, 3.8) is 0 Å². The van der Waals surface area contributed by atoms with Gasteiger partial charge in [-0.2, -0.15) is 0 Å². The molecular weight excluding hydrogens is 423 g/mol. The van der Waals surface area contributed by atoms with Crippen LogP contribution in [0, 0.1) is 0 Å². The first-order valence-corrected chi connectivity index (χ1v) is 9.02. The fourth-order valence-electron chi connectivity index (χ4n) is 1.61. The molecule has 0 spiro atoms. The molecule has 0 unspecified atom stereocenters. The highest BCUT2D eigenvalue weighted by atomic mass is 79.9. The van der Waals surface area contributed by atoms with Gasteiger partial charge in [-0.3, -0.25) is 0 Å². The fourth-order valence-corrected chi connectivity index (χ4v) is 3.45. The summed E-state index contributed by atoms with van der Waals surface area (Å²) >= 11 is 14.7. The highest BCUT2D eigenvalue weighted by molar-refractivity contribution is 9.10. The molecule has 0 saturated carbocycles. The van der Waals surface area contributed by atoms with Crippen LogP contribution in [0.15, 0.2) is 38.1 Å². The van der Waals surface area contributed by atoms with Crippen LogP contribution in [0.3, 0.4) is 0 Å². The monoisotopic (exact) mass is 434 g/mol. The predicted molar refractivity (Wildman–Crippen MR) is 92.5 cm³/mol. The van der Waals surface area contributed by atoms with E-state index in [9.17, 15) is 0 Å². The molecule has 2 nitrogen and oxygen atoms in total. The lowest BCUT2D eigenvalue weighted by Crippen LogP contribution is -2.02. The molecule has 0 radical (unpaired) electrons. The summed E-state index contributed by atoms with van der Waals surface area (Å²) in [5.74, 6) is 1.77. The van der Waals surface area contributed by atoms with Crippen LogP contribution in [0.2, 0.25) is 5.15 Å². The zero-order chi connectivity index (χ0) is 14.7. The van der Waals surface area contributed by atoms with Gasteiger partial charge in [0.15, 0.2) is 0 Å². The maximum Gasteiger partial charge on any atom is 0.147 e. The number of thioether (sulfide) groups is 1. The number of hydrogen-bond acceptors (Lipinski definition) is 3. The van der Waals surface area contributed by atoms with Crippen LogP contribution >= 0.6 is 55.2 Å². The third kappa shape index (κ3) is 4.20. The molecule has 0 saturated heterocycles. The summed E-state index contributed by atoms with van der Waals surface area (Å²) < 4.78 is 1.87. The standard InChI is InChI=1S/C14H13Br2ClN2S/c1-8(2)13-12(16)14(17)19-11(18-13)7-20-10-5-3-9(15)4-6-10/h3-6,8H,7H2,1-2H3. The van der Waals surface area contributed by atoms with Gasteiger partial charge in [0.2, 0.25) is 0 Å². The van der Waals surface area contributed by atoms with Crippen LogP contribution in [-0.2, 0) is 5.75 Å². The number of halogens is 3. The third-order valence-electron chi connectivity index (χ3n) is 2.61. The zero-order valence-electron chi connectivity index (χ0n) is 11.0. The Balaban J connectivity index is 2.15. The Bertz CT molecular complexity index is 603. The van der Waals surface area contributed by atoms with Crippen LogP contribution in [0.5, 0.6) is 0 Å². The second-order valence-electron chi connectivity index (χ2n) is 4.53. The second kappa shape index (κ2) is 7.25. The van der Waals surface area contributed by atoms with Crippen LogP contribution in [-0.4, -0.2) is 9.97 Å². The van der Waals surface area contributed by atoms with Crippen molar-refractivity contribution in [2.45, 2.75) is 30.4 Å². The molecule has 20 heavy (non-hydrogen) atoms. The number of hydrogen-bond donors (Lipinski definition) is 0. The van der Waals surface area contributed by atoms with Crippen molar-refractivity contribution in [1.82, 2.24) is 9.97 Å². The summed E-state index contributed by atoms with van der Waals surface area (Å²) in [5.41, 5.74) is 0.955. The number of rotatable bonds is 4. The first-order chi connectivity index (χ1) is 9.47. The van der Waals surface area contributed by atoms with E-state index in [1.54, 1.807) is 11.8 Å². The van der Waals surface area contributed by atoms with Gasteiger partial charge in [-0.1, -0.05) is 41.4 Å². The third-order valence-corrected chi connectivity index (χ3v) is 5.43. The zero-order valence-corrected chi connectivity index (χ0v) is 15.8. The number of aromatic nitrogens is 2. The van der Waals surface area contributed by atoms with Crippen molar-refractivity contribution in [2.75, 3.05) is 0 Å². The maximum absolute atomic E-state index is 6.15. The van der Waals surface area contributed by atoms with E-state index < -0.39 is 0 Å². The first kappa shape index (κ1) is 16.3. The lowest BCUT2D eigenvalue weighted by molar-refractivity contribution is 0.791. The van der Waals surface area contributed by atoms with E-state index in [4.69, 9.17) is 11.6 Å². The SMILES string of the molecule is CC(C)c1nc(CSc2ccc(Br)cc2)nc(Cl)c1Br. The molecule has 2 aromatic rings. The molecule has 0 fully saturated rings.